The van der Waals surface area contributed by atoms with Crippen LogP contribution in [0, 0.1) is 6.92 Å². The van der Waals surface area contributed by atoms with Gasteiger partial charge in [0.25, 0.3) is 5.91 Å². The van der Waals surface area contributed by atoms with Crippen LogP contribution in [-0.2, 0) is 11.2 Å². The zero-order chi connectivity index (χ0) is 15.9. The summed E-state index contributed by atoms with van der Waals surface area (Å²) in [5.41, 5.74) is 1.05. The van der Waals surface area contributed by atoms with E-state index in [1.165, 1.54) is 11.3 Å². The number of benzene rings is 1. The Hall–Kier alpha value is -2.34. The van der Waals surface area contributed by atoms with Crippen molar-refractivity contribution in [1.82, 2.24) is 5.32 Å². The van der Waals surface area contributed by atoms with Gasteiger partial charge >= 0.3 is 5.97 Å². The van der Waals surface area contributed by atoms with Crippen molar-refractivity contribution < 1.29 is 19.4 Å². The lowest BCUT2D eigenvalue weighted by atomic mass is 10.1. The lowest BCUT2D eigenvalue weighted by Gasteiger charge is -2.06. The van der Waals surface area contributed by atoms with Crippen molar-refractivity contribution in [1.29, 1.82) is 0 Å². The number of carbonyl (C=O) groups excluding carboxylic acids is 1. The summed E-state index contributed by atoms with van der Waals surface area (Å²) < 4.78 is 5.06. The largest absolute Gasteiger partial charge is 0.482 e. The van der Waals surface area contributed by atoms with Crippen LogP contribution < -0.4 is 10.1 Å². The van der Waals surface area contributed by atoms with E-state index in [1.54, 1.807) is 12.1 Å². The summed E-state index contributed by atoms with van der Waals surface area (Å²) in [5, 5.41) is 11.4. The second kappa shape index (κ2) is 7.61. The molecule has 0 saturated carbocycles. The van der Waals surface area contributed by atoms with Gasteiger partial charge in [0.2, 0.25) is 0 Å². The topological polar surface area (TPSA) is 75.6 Å². The molecule has 0 fully saturated rings. The molecule has 2 N–H and O–H groups in total. The number of carboxylic acid groups (broad SMARTS) is 1. The van der Waals surface area contributed by atoms with Crippen LogP contribution in [0.1, 0.15) is 20.1 Å². The summed E-state index contributed by atoms with van der Waals surface area (Å²) in [6.45, 7) is 2.16. The summed E-state index contributed by atoms with van der Waals surface area (Å²) in [4.78, 5) is 24.1. The molecule has 1 aromatic carbocycles. The Morgan fingerprint density at radius 3 is 2.50 bits per heavy atom. The Morgan fingerprint density at radius 2 is 1.91 bits per heavy atom. The third kappa shape index (κ3) is 4.89. The number of carbonyl (C=O) groups is 2. The van der Waals surface area contributed by atoms with E-state index in [9.17, 15) is 9.59 Å². The smallest absolute Gasteiger partial charge is 0.341 e. The molecular formula is C16H17NO4S. The number of carboxylic acids is 1. The molecule has 0 spiro atoms. The van der Waals surface area contributed by atoms with E-state index in [1.807, 2.05) is 31.2 Å². The zero-order valence-electron chi connectivity index (χ0n) is 12.2. The third-order valence-electron chi connectivity index (χ3n) is 2.95. The van der Waals surface area contributed by atoms with E-state index in [2.05, 4.69) is 5.32 Å². The van der Waals surface area contributed by atoms with Gasteiger partial charge in [0.05, 0.1) is 4.88 Å². The quantitative estimate of drug-likeness (QED) is 0.822. The highest BCUT2D eigenvalue weighted by molar-refractivity contribution is 7.13. The maximum atomic E-state index is 11.9. The molecule has 116 valence electrons. The van der Waals surface area contributed by atoms with Gasteiger partial charge in [-0.3, -0.25) is 4.79 Å². The van der Waals surface area contributed by atoms with Gasteiger partial charge in [0, 0.05) is 11.4 Å². The van der Waals surface area contributed by atoms with E-state index >= 15 is 0 Å². The standard InChI is InChI=1S/C16H17NO4S/c1-11-2-7-14(22-11)16(20)17-9-8-12-3-5-13(6-4-12)21-10-15(18)19/h2-7H,8-10H2,1H3,(H,17,20)(H,18,19). The number of nitrogens with one attached hydrogen (secondary N) is 1. The highest BCUT2D eigenvalue weighted by atomic mass is 32.1. The third-order valence-corrected chi connectivity index (χ3v) is 3.95. The molecule has 0 radical (unpaired) electrons. The van der Waals surface area contributed by atoms with Crippen molar-refractivity contribution in [2.24, 2.45) is 0 Å². The van der Waals surface area contributed by atoms with Crippen LogP contribution in [0.2, 0.25) is 0 Å². The first-order chi connectivity index (χ1) is 10.5. The number of amides is 1. The Balaban J connectivity index is 1.77. The highest BCUT2D eigenvalue weighted by Crippen LogP contribution is 2.15. The molecule has 0 saturated heterocycles. The number of hydrogen-bond acceptors (Lipinski definition) is 4. The zero-order valence-corrected chi connectivity index (χ0v) is 13.0. The molecule has 0 unspecified atom stereocenters. The van der Waals surface area contributed by atoms with Gasteiger partial charge in [-0.15, -0.1) is 11.3 Å². The van der Waals surface area contributed by atoms with E-state index in [4.69, 9.17) is 9.84 Å². The number of aliphatic carboxylic acids is 1. The van der Waals surface area contributed by atoms with E-state index in [0.717, 1.165) is 15.3 Å². The van der Waals surface area contributed by atoms with Crippen molar-refractivity contribution in [3.8, 4) is 5.75 Å². The van der Waals surface area contributed by atoms with Crippen LogP contribution in [0.15, 0.2) is 36.4 Å². The Kier molecular flexibility index (Phi) is 5.55. The van der Waals surface area contributed by atoms with Crippen molar-refractivity contribution in [2.45, 2.75) is 13.3 Å². The van der Waals surface area contributed by atoms with Gasteiger partial charge in [0.1, 0.15) is 5.75 Å². The molecular weight excluding hydrogens is 302 g/mol. The molecule has 1 amide bonds. The van der Waals surface area contributed by atoms with Crippen LogP contribution in [0.4, 0.5) is 0 Å². The maximum absolute atomic E-state index is 11.9. The minimum atomic E-state index is -1.00. The molecule has 2 rings (SSSR count). The predicted molar refractivity (Wildman–Crippen MR) is 84.7 cm³/mol. The molecule has 1 heterocycles. The second-order valence-electron chi connectivity index (χ2n) is 4.74. The number of ether oxygens (including phenoxy) is 1. The van der Waals surface area contributed by atoms with Crippen LogP contribution in [0.25, 0.3) is 0 Å². The Labute approximate surface area is 132 Å². The molecule has 1 aromatic heterocycles. The van der Waals surface area contributed by atoms with Gasteiger partial charge in [0.15, 0.2) is 6.61 Å². The molecule has 0 atom stereocenters. The molecule has 0 aliphatic rings. The monoisotopic (exact) mass is 319 g/mol. The molecule has 0 bridgehead atoms. The van der Waals surface area contributed by atoms with Crippen LogP contribution in [0.5, 0.6) is 5.75 Å². The number of hydrogen-bond donors (Lipinski definition) is 2. The molecule has 0 aliphatic carbocycles. The lowest BCUT2D eigenvalue weighted by Crippen LogP contribution is -2.24. The molecule has 5 nitrogen and oxygen atoms in total. The van der Waals surface area contributed by atoms with Gasteiger partial charge in [-0.2, -0.15) is 0 Å². The first-order valence-electron chi connectivity index (χ1n) is 6.83. The fraction of sp³-hybridized carbons (Fsp3) is 0.250. The normalized spacial score (nSPS) is 10.2. The highest BCUT2D eigenvalue weighted by Gasteiger charge is 2.07. The van der Waals surface area contributed by atoms with E-state index in [0.29, 0.717) is 18.7 Å². The first-order valence-corrected chi connectivity index (χ1v) is 7.64. The Morgan fingerprint density at radius 1 is 1.18 bits per heavy atom. The summed E-state index contributed by atoms with van der Waals surface area (Å²) in [7, 11) is 0. The minimum Gasteiger partial charge on any atom is -0.482 e. The maximum Gasteiger partial charge on any atom is 0.341 e. The first kappa shape index (κ1) is 16.0. The lowest BCUT2D eigenvalue weighted by molar-refractivity contribution is -0.139. The van der Waals surface area contributed by atoms with E-state index < -0.39 is 5.97 Å². The summed E-state index contributed by atoms with van der Waals surface area (Å²) in [5.74, 6) is -0.542. The van der Waals surface area contributed by atoms with Crippen molar-refractivity contribution in [3.05, 3.63) is 51.7 Å². The average molecular weight is 319 g/mol. The summed E-state index contributed by atoms with van der Waals surface area (Å²) in [6.07, 6.45) is 0.704. The fourth-order valence-electron chi connectivity index (χ4n) is 1.86. The number of thiophene rings is 1. The summed E-state index contributed by atoms with van der Waals surface area (Å²) >= 11 is 1.48. The van der Waals surface area contributed by atoms with Gasteiger partial charge < -0.3 is 15.2 Å². The van der Waals surface area contributed by atoms with Crippen molar-refractivity contribution in [2.75, 3.05) is 13.2 Å². The predicted octanol–water partition coefficient (Wildman–Crippen LogP) is 2.49. The van der Waals surface area contributed by atoms with E-state index in [-0.39, 0.29) is 12.5 Å². The molecule has 6 heteroatoms. The molecule has 22 heavy (non-hydrogen) atoms. The van der Waals surface area contributed by atoms with Gasteiger partial charge in [-0.1, -0.05) is 12.1 Å². The van der Waals surface area contributed by atoms with Crippen molar-refractivity contribution in [3.63, 3.8) is 0 Å². The number of rotatable bonds is 7. The molecule has 2 aromatic rings. The van der Waals surface area contributed by atoms with Crippen molar-refractivity contribution >= 4 is 23.2 Å². The average Bonchev–Trinajstić information content (AvgIpc) is 2.93. The fourth-order valence-corrected chi connectivity index (χ4v) is 2.65. The summed E-state index contributed by atoms with van der Waals surface area (Å²) in [6, 6.07) is 10.9. The minimum absolute atomic E-state index is 0.0560. The van der Waals surface area contributed by atoms with Crippen LogP contribution >= 0.6 is 11.3 Å². The Bertz CT molecular complexity index is 648. The van der Waals surface area contributed by atoms with Crippen LogP contribution in [0.3, 0.4) is 0 Å². The van der Waals surface area contributed by atoms with Crippen LogP contribution in [-0.4, -0.2) is 30.1 Å². The number of aryl methyl sites for hydroxylation is 1. The SMILES string of the molecule is Cc1ccc(C(=O)NCCc2ccc(OCC(=O)O)cc2)s1. The molecule has 0 aliphatic heterocycles. The van der Waals surface area contributed by atoms with Gasteiger partial charge in [-0.25, -0.2) is 4.79 Å². The second-order valence-corrected chi connectivity index (χ2v) is 6.03. The van der Waals surface area contributed by atoms with Gasteiger partial charge in [-0.05, 0) is 43.2 Å².